The van der Waals surface area contributed by atoms with Crippen LogP contribution in [0.5, 0.6) is 0 Å². The Morgan fingerprint density at radius 3 is 0.238 bits per heavy atom. The predicted molar refractivity (Wildman–Crippen MR) is 128 cm³/mol. The summed E-state index contributed by atoms with van der Waals surface area (Å²) in [7, 11) is -1.83. The molecule has 0 fully saturated rings. The zero-order chi connectivity index (χ0) is 13.5. The molecule has 0 saturated carbocycles. The molecule has 0 nitrogen and oxygen atoms in total. The van der Waals surface area contributed by atoms with Crippen molar-refractivity contribution in [1.82, 2.24) is 0 Å². The van der Waals surface area contributed by atoms with E-state index >= 15 is 0 Å². The van der Waals surface area contributed by atoms with Crippen molar-refractivity contribution in [1.29, 1.82) is 0 Å². The van der Waals surface area contributed by atoms with Crippen LogP contribution in [0.2, 0.25) is 78.6 Å². The highest BCUT2D eigenvalue weighted by Crippen LogP contribution is 1.95. The molecule has 0 spiro atoms. The van der Waals surface area contributed by atoms with Crippen LogP contribution in [0, 0.1) is 0 Å². The first-order chi connectivity index (χ1) is 6.00. The molecule has 0 bridgehead atoms. The van der Waals surface area contributed by atoms with E-state index in [1.807, 2.05) is 0 Å². The van der Waals surface area contributed by atoms with Gasteiger partial charge in [-0.2, -0.15) is 0 Å². The fourth-order valence-electron chi connectivity index (χ4n) is 0. The quantitative estimate of drug-likeness (QED) is 0.377. The average Bonchev–Trinajstić information content (AvgIpc) is 1.41. The van der Waals surface area contributed by atoms with Crippen LogP contribution in [0.1, 0.15) is 44.6 Å². The Morgan fingerprint density at radius 1 is 0.238 bits per heavy atom. The zero-order valence-electron chi connectivity index (χ0n) is 13.5. The minimum atomic E-state index is -0.611. The van der Waals surface area contributed by atoms with Gasteiger partial charge in [-0.3, -0.25) is 0 Å². The van der Waals surface area contributed by atoms with Crippen molar-refractivity contribution in [2.24, 2.45) is 0 Å². The molecule has 0 N–H and O–H groups in total. The van der Waals surface area contributed by atoms with Crippen LogP contribution >= 0.6 is 0 Å². The highest BCUT2D eigenvalue weighted by Gasteiger charge is 2.00. The molecular weight excluding hydrogens is 300 g/mol. The SMILES string of the molecule is C.C.C.C.C.C.C[Si](C)(C)C.C[Si](C)(C)C.C[Si](C)(C)C. The Kier molecular flexibility index (Phi) is 63.0. The fourth-order valence-corrected chi connectivity index (χ4v) is 0. The smallest absolute Gasteiger partial charge is 0.0411 e. The minimum absolute atomic E-state index is 0. The van der Waals surface area contributed by atoms with Crippen molar-refractivity contribution >= 4 is 24.2 Å². The summed E-state index contributed by atoms with van der Waals surface area (Å²) in [5.41, 5.74) is 0. The highest BCUT2D eigenvalue weighted by atomic mass is 28.3. The van der Waals surface area contributed by atoms with E-state index < -0.39 is 24.2 Å². The predicted octanol–water partition coefficient (Wildman–Crippen LogP) is 9.68. The van der Waals surface area contributed by atoms with Crippen LogP contribution < -0.4 is 0 Å². The van der Waals surface area contributed by atoms with Crippen LogP contribution in [0.4, 0.5) is 0 Å². The largest absolute Gasteiger partial charge is 0.0776 e. The maximum atomic E-state index is 2.33. The first kappa shape index (κ1) is 57.7. The minimum Gasteiger partial charge on any atom is -0.0776 e. The summed E-state index contributed by atoms with van der Waals surface area (Å²) in [6.45, 7) is 27.9. The van der Waals surface area contributed by atoms with E-state index in [1.54, 1.807) is 0 Å². The molecule has 0 radical (unpaired) electrons. The van der Waals surface area contributed by atoms with Gasteiger partial charge in [-0.1, -0.05) is 123 Å². The number of hydrogen-bond acceptors (Lipinski definition) is 0. The molecule has 0 amide bonds. The van der Waals surface area contributed by atoms with Crippen LogP contribution in [0.15, 0.2) is 0 Å². The summed E-state index contributed by atoms with van der Waals surface area (Å²) >= 11 is 0. The fraction of sp³-hybridized carbons (Fsp3) is 1.00. The highest BCUT2D eigenvalue weighted by molar-refractivity contribution is 6.75. The van der Waals surface area contributed by atoms with Crippen molar-refractivity contribution < 1.29 is 0 Å². The van der Waals surface area contributed by atoms with E-state index in [4.69, 9.17) is 0 Å². The molecule has 0 aliphatic carbocycles. The third-order valence-electron chi connectivity index (χ3n) is 0. The Balaban J connectivity index is -0.0000000129. The van der Waals surface area contributed by atoms with Gasteiger partial charge in [-0.05, 0) is 0 Å². The molecule has 0 aromatic rings. The van der Waals surface area contributed by atoms with Crippen LogP contribution in [-0.2, 0) is 0 Å². The molecule has 0 unspecified atom stereocenters. The first-order valence-corrected chi connectivity index (χ1v) is 18.0. The summed E-state index contributed by atoms with van der Waals surface area (Å²) in [6, 6.07) is 0. The second-order valence-electron chi connectivity index (χ2n) is 9.00. The van der Waals surface area contributed by atoms with Gasteiger partial charge in [-0.15, -0.1) is 0 Å². The zero-order valence-corrected chi connectivity index (χ0v) is 16.5. The molecule has 0 aromatic heterocycles. The van der Waals surface area contributed by atoms with E-state index in [9.17, 15) is 0 Å². The molecule has 0 saturated heterocycles. The normalized spacial score (nSPS) is 8.57. The molecule has 144 valence electrons. The molecule has 0 rings (SSSR count). The van der Waals surface area contributed by atoms with Crippen molar-refractivity contribution in [2.75, 3.05) is 0 Å². The second-order valence-corrected chi connectivity index (χ2v) is 27.0. The van der Waals surface area contributed by atoms with Gasteiger partial charge in [0.15, 0.2) is 0 Å². The van der Waals surface area contributed by atoms with E-state index in [0.717, 1.165) is 0 Å². The summed E-state index contributed by atoms with van der Waals surface area (Å²) in [6.07, 6.45) is 0. The van der Waals surface area contributed by atoms with Gasteiger partial charge in [0.25, 0.3) is 0 Å². The Bertz CT molecular complexity index is 87.5. The number of hydrogen-bond donors (Lipinski definition) is 0. The molecule has 3 heteroatoms. The molecule has 21 heavy (non-hydrogen) atoms. The molecule has 0 aliphatic heterocycles. The lowest BCUT2D eigenvalue weighted by Gasteiger charge is -2.01. The third-order valence-corrected chi connectivity index (χ3v) is 0. The lowest BCUT2D eigenvalue weighted by molar-refractivity contribution is 1.71. The van der Waals surface area contributed by atoms with Crippen molar-refractivity contribution in [2.45, 2.75) is 123 Å². The van der Waals surface area contributed by atoms with Crippen molar-refractivity contribution in [3.63, 3.8) is 0 Å². The summed E-state index contributed by atoms with van der Waals surface area (Å²) < 4.78 is 0. The molecule has 0 aromatic carbocycles. The summed E-state index contributed by atoms with van der Waals surface area (Å²) in [5, 5.41) is 0. The van der Waals surface area contributed by atoms with E-state index in [-0.39, 0.29) is 44.6 Å². The van der Waals surface area contributed by atoms with Gasteiger partial charge in [0.05, 0.1) is 0 Å². The molecule has 0 aliphatic rings. The first-order valence-electron chi connectivity index (χ1n) is 6.00. The Hall–Kier alpha value is 0.651. The van der Waals surface area contributed by atoms with E-state index in [2.05, 4.69) is 78.6 Å². The number of rotatable bonds is 0. The van der Waals surface area contributed by atoms with Gasteiger partial charge in [-0.25, -0.2) is 0 Å². The third kappa shape index (κ3) is 17000. The van der Waals surface area contributed by atoms with Gasteiger partial charge >= 0.3 is 0 Å². The summed E-state index contributed by atoms with van der Waals surface area (Å²) in [5.74, 6) is 0. The maximum Gasteiger partial charge on any atom is 0.0411 e. The van der Waals surface area contributed by atoms with E-state index in [1.165, 1.54) is 0 Å². The maximum absolute atomic E-state index is 2.33. The Labute approximate surface area is 147 Å². The van der Waals surface area contributed by atoms with Gasteiger partial charge in [0, 0.05) is 24.2 Å². The Morgan fingerprint density at radius 2 is 0.238 bits per heavy atom. The molecule has 0 heterocycles. The van der Waals surface area contributed by atoms with Crippen LogP contribution in [-0.4, -0.2) is 24.2 Å². The van der Waals surface area contributed by atoms with Gasteiger partial charge < -0.3 is 0 Å². The standard InChI is InChI=1S/3C4H12Si.6CH4/c3*1-5(2,3)4;;;;;;/h3*1-4H3;6*1H4. The van der Waals surface area contributed by atoms with Crippen LogP contribution in [0.3, 0.4) is 0 Å². The second kappa shape index (κ2) is 22.9. The lowest BCUT2D eigenvalue weighted by atomic mass is 11.8. The van der Waals surface area contributed by atoms with Crippen molar-refractivity contribution in [3.8, 4) is 0 Å². The monoisotopic (exact) mass is 360 g/mol. The van der Waals surface area contributed by atoms with Crippen LogP contribution in [0.25, 0.3) is 0 Å². The molecular formula is C18H60Si3. The average molecular weight is 361 g/mol. The van der Waals surface area contributed by atoms with E-state index in [0.29, 0.717) is 0 Å². The van der Waals surface area contributed by atoms with Crippen molar-refractivity contribution in [3.05, 3.63) is 0 Å². The van der Waals surface area contributed by atoms with Gasteiger partial charge in [0.1, 0.15) is 0 Å². The topological polar surface area (TPSA) is 0 Å². The molecule has 0 atom stereocenters. The lowest BCUT2D eigenvalue weighted by Crippen LogP contribution is -2.10. The summed E-state index contributed by atoms with van der Waals surface area (Å²) in [4.78, 5) is 0. The van der Waals surface area contributed by atoms with Gasteiger partial charge in [0.2, 0.25) is 0 Å².